The molecule has 0 aliphatic rings. The Morgan fingerprint density at radius 3 is 2.47 bits per heavy atom. The van der Waals surface area contributed by atoms with Crippen LogP contribution in [0.25, 0.3) is 0 Å². The van der Waals surface area contributed by atoms with E-state index in [9.17, 15) is 4.79 Å². The van der Waals surface area contributed by atoms with Gasteiger partial charge in [-0.2, -0.15) is 0 Å². The fourth-order valence-corrected chi connectivity index (χ4v) is 1.98. The first-order valence-corrected chi connectivity index (χ1v) is 6.95. The summed E-state index contributed by atoms with van der Waals surface area (Å²) in [5.41, 5.74) is 0.997. The molecule has 0 aliphatic carbocycles. The third kappa shape index (κ3) is 5.43. The lowest BCUT2D eigenvalue weighted by atomic mass is 9.92. The standard InChI is InChI=1S/C16H26N2O/c1-13(10-11-14-8-6-5-7-9-14)18-12-16(2,3)15(19)17-4/h5-9,13,18H,10-12H2,1-4H3,(H,17,19). The van der Waals surface area contributed by atoms with Gasteiger partial charge in [-0.3, -0.25) is 4.79 Å². The van der Waals surface area contributed by atoms with Crippen molar-refractivity contribution in [2.75, 3.05) is 13.6 Å². The molecule has 0 saturated heterocycles. The molecular weight excluding hydrogens is 236 g/mol. The minimum atomic E-state index is -0.365. The summed E-state index contributed by atoms with van der Waals surface area (Å²) >= 11 is 0. The lowest BCUT2D eigenvalue weighted by Crippen LogP contribution is -2.44. The van der Waals surface area contributed by atoms with Crippen LogP contribution in [0.5, 0.6) is 0 Å². The fraction of sp³-hybridized carbons (Fsp3) is 0.562. The molecule has 0 aliphatic heterocycles. The number of carbonyl (C=O) groups is 1. The van der Waals surface area contributed by atoms with Gasteiger partial charge < -0.3 is 10.6 Å². The van der Waals surface area contributed by atoms with E-state index in [0.29, 0.717) is 12.6 Å². The quantitative estimate of drug-likeness (QED) is 0.792. The molecular formula is C16H26N2O. The number of benzene rings is 1. The Morgan fingerprint density at radius 2 is 1.89 bits per heavy atom. The number of hydrogen-bond acceptors (Lipinski definition) is 2. The minimum absolute atomic E-state index is 0.0789. The van der Waals surface area contributed by atoms with E-state index < -0.39 is 0 Å². The maximum absolute atomic E-state index is 11.7. The van der Waals surface area contributed by atoms with Crippen LogP contribution in [0.1, 0.15) is 32.8 Å². The summed E-state index contributed by atoms with van der Waals surface area (Å²) in [4.78, 5) is 11.7. The first-order valence-electron chi connectivity index (χ1n) is 6.95. The molecule has 1 rings (SSSR count). The zero-order chi connectivity index (χ0) is 14.3. The van der Waals surface area contributed by atoms with Crippen LogP contribution in [-0.4, -0.2) is 25.5 Å². The predicted molar refractivity (Wildman–Crippen MR) is 80.1 cm³/mol. The highest BCUT2D eigenvalue weighted by molar-refractivity contribution is 5.81. The van der Waals surface area contributed by atoms with Gasteiger partial charge in [-0.1, -0.05) is 30.3 Å². The lowest BCUT2D eigenvalue weighted by Gasteiger charge is -2.25. The molecule has 19 heavy (non-hydrogen) atoms. The van der Waals surface area contributed by atoms with E-state index in [4.69, 9.17) is 0 Å². The Kier molecular flexibility index (Phi) is 6.03. The smallest absolute Gasteiger partial charge is 0.226 e. The Balaban J connectivity index is 2.32. The highest BCUT2D eigenvalue weighted by Gasteiger charge is 2.26. The predicted octanol–water partition coefficient (Wildman–Crippen LogP) is 2.37. The number of nitrogens with one attached hydrogen (secondary N) is 2. The SMILES string of the molecule is CNC(=O)C(C)(C)CNC(C)CCc1ccccc1. The van der Waals surface area contributed by atoms with Gasteiger partial charge >= 0.3 is 0 Å². The molecule has 0 bridgehead atoms. The number of carbonyl (C=O) groups excluding carboxylic acids is 1. The second-order valence-electron chi connectivity index (χ2n) is 5.77. The molecule has 0 aromatic heterocycles. The molecule has 0 spiro atoms. The maximum Gasteiger partial charge on any atom is 0.226 e. The van der Waals surface area contributed by atoms with Crippen LogP contribution < -0.4 is 10.6 Å². The van der Waals surface area contributed by atoms with Crippen molar-refractivity contribution in [3.05, 3.63) is 35.9 Å². The van der Waals surface area contributed by atoms with Crippen molar-refractivity contribution >= 4 is 5.91 Å². The van der Waals surface area contributed by atoms with E-state index in [0.717, 1.165) is 12.8 Å². The fourth-order valence-electron chi connectivity index (χ4n) is 1.98. The topological polar surface area (TPSA) is 41.1 Å². The number of aryl methyl sites for hydroxylation is 1. The third-order valence-electron chi connectivity index (χ3n) is 3.44. The van der Waals surface area contributed by atoms with Gasteiger partial charge in [-0.15, -0.1) is 0 Å². The largest absolute Gasteiger partial charge is 0.359 e. The molecule has 1 aromatic carbocycles. The molecule has 0 fully saturated rings. The normalized spacial score (nSPS) is 13.1. The Bertz CT molecular complexity index is 387. The molecule has 1 atom stereocenters. The maximum atomic E-state index is 11.7. The summed E-state index contributed by atoms with van der Waals surface area (Å²) in [7, 11) is 1.68. The second-order valence-corrected chi connectivity index (χ2v) is 5.77. The van der Waals surface area contributed by atoms with E-state index in [1.165, 1.54) is 5.56 Å². The summed E-state index contributed by atoms with van der Waals surface area (Å²) in [6, 6.07) is 10.9. The summed E-state index contributed by atoms with van der Waals surface area (Å²) in [5, 5.41) is 6.16. The van der Waals surface area contributed by atoms with Crippen molar-refractivity contribution in [3.8, 4) is 0 Å². The number of rotatable bonds is 7. The molecule has 1 amide bonds. The van der Waals surface area contributed by atoms with Gasteiger partial charge in [0.25, 0.3) is 0 Å². The van der Waals surface area contributed by atoms with Crippen molar-refractivity contribution in [2.24, 2.45) is 5.41 Å². The van der Waals surface area contributed by atoms with Crippen LogP contribution in [0, 0.1) is 5.41 Å². The molecule has 106 valence electrons. The third-order valence-corrected chi connectivity index (χ3v) is 3.44. The molecule has 0 saturated carbocycles. The molecule has 1 unspecified atom stereocenters. The van der Waals surface area contributed by atoms with Crippen molar-refractivity contribution in [3.63, 3.8) is 0 Å². The first kappa shape index (κ1) is 15.7. The lowest BCUT2D eigenvalue weighted by molar-refractivity contribution is -0.128. The van der Waals surface area contributed by atoms with Gasteiger partial charge in [0.05, 0.1) is 5.41 Å². The van der Waals surface area contributed by atoms with Gasteiger partial charge in [0.1, 0.15) is 0 Å². The molecule has 0 radical (unpaired) electrons. The molecule has 1 aromatic rings. The zero-order valence-corrected chi connectivity index (χ0v) is 12.5. The first-order chi connectivity index (χ1) is 8.95. The van der Waals surface area contributed by atoms with Crippen LogP contribution in [0.3, 0.4) is 0 Å². The van der Waals surface area contributed by atoms with Crippen molar-refractivity contribution in [1.82, 2.24) is 10.6 Å². The van der Waals surface area contributed by atoms with Gasteiger partial charge in [-0.05, 0) is 39.2 Å². The summed E-state index contributed by atoms with van der Waals surface area (Å²) in [6.45, 7) is 6.79. The zero-order valence-electron chi connectivity index (χ0n) is 12.5. The van der Waals surface area contributed by atoms with E-state index >= 15 is 0 Å². The summed E-state index contributed by atoms with van der Waals surface area (Å²) in [5.74, 6) is 0.0789. The van der Waals surface area contributed by atoms with Crippen LogP contribution in [0.2, 0.25) is 0 Å². The van der Waals surface area contributed by atoms with Crippen LogP contribution in [0.4, 0.5) is 0 Å². The van der Waals surface area contributed by atoms with Gasteiger partial charge in [-0.25, -0.2) is 0 Å². The average molecular weight is 262 g/mol. The van der Waals surface area contributed by atoms with Crippen molar-refractivity contribution < 1.29 is 4.79 Å². The molecule has 3 nitrogen and oxygen atoms in total. The van der Waals surface area contributed by atoms with E-state index in [1.54, 1.807) is 7.05 Å². The Labute approximate surface area is 116 Å². The van der Waals surface area contributed by atoms with E-state index in [-0.39, 0.29) is 11.3 Å². The van der Waals surface area contributed by atoms with E-state index in [1.807, 2.05) is 19.9 Å². The summed E-state index contributed by atoms with van der Waals surface area (Å²) in [6.07, 6.45) is 2.14. The van der Waals surface area contributed by atoms with Gasteiger partial charge in [0, 0.05) is 19.6 Å². The molecule has 3 heteroatoms. The van der Waals surface area contributed by atoms with Gasteiger partial charge in [0.15, 0.2) is 0 Å². The average Bonchev–Trinajstić information content (AvgIpc) is 2.43. The minimum Gasteiger partial charge on any atom is -0.359 e. The Hall–Kier alpha value is -1.35. The monoisotopic (exact) mass is 262 g/mol. The van der Waals surface area contributed by atoms with Crippen LogP contribution >= 0.6 is 0 Å². The highest BCUT2D eigenvalue weighted by atomic mass is 16.2. The molecule has 2 N–H and O–H groups in total. The Morgan fingerprint density at radius 1 is 1.26 bits per heavy atom. The van der Waals surface area contributed by atoms with Crippen LogP contribution in [0.15, 0.2) is 30.3 Å². The van der Waals surface area contributed by atoms with Gasteiger partial charge in [0.2, 0.25) is 5.91 Å². The highest BCUT2D eigenvalue weighted by Crippen LogP contribution is 2.14. The van der Waals surface area contributed by atoms with E-state index in [2.05, 4.69) is 41.8 Å². The van der Waals surface area contributed by atoms with Crippen LogP contribution in [-0.2, 0) is 11.2 Å². The van der Waals surface area contributed by atoms with Crippen molar-refractivity contribution in [1.29, 1.82) is 0 Å². The molecule has 0 heterocycles. The number of amides is 1. The number of hydrogen-bond donors (Lipinski definition) is 2. The van der Waals surface area contributed by atoms with Crippen molar-refractivity contribution in [2.45, 2.75) is 39.7 Å². The summed E-state index contributed by atoms with van der Waals surface area (Å²) < 4.78 is 0. The second kappa shape index (κ2) is 7.29.